The lowest BCUT2D eigenvalue weighted by atomic mass is 10.2. The Morgan fingerprint density at radius 2 is 2.22 bits per heavy atom. The highest BCUT2D eigenvalue weighted by atomic mass is 79.9. The topological polar surface area (TPSA) is 46.6 Å². The van der Waals surface area contributed by atoms with Crippen molar-refractivity contribution in [2.75, 3.05) is 6.54 Å². The average molecular weight is 394 g/mol. The number of hydrogen-bond donors (Lipinski definition) is 0. The second kappa shape index (κ2) is 7.71. The van der Waals surface area contributed by atoms with Gasteiger partial charge in [-0.25, -0.2) is 0 Å². The van der Waals surface area contributed by atoms with Crippen LogP contribution in [0.4, 0.5) is 4.79 Å². The molecule has 1 aliphatic rings. The fourth-order valence-corrected chi connectivity index (χ4v) is 3.21. The van der Waals surface area contributed by atoms with Crippen LogP contribution in [0, 0.1) is 12.3 Å². The van der Waals surface area contributed by atoms with Crippen molar-refractivity contribution in [3.8, 4) is 18.1 Å². The Hall–Kier alpha value is -1.71. The minimum Gasteiger partial charge on any atom is -0.490 e. The first-order chi connectivity index (χ1) is 11.0. The number of hydrogen-bond acceptors (Lipinski definition) is 4. The first-order valence-electron chi connectivity index (χ1n) is 7.11. The Morgan fingerprint density at radius 1 is 1.48 bits per heavy atom. The second-order valence-electron chi connectivity index (χ2n) is 5.00. The van der Waals surface area contributed by atoms with Crippen LogP contribution in [0.2, 0.25) is 0 Å². The van der Waals surface area contributed by atoms with Crippen LogP contribution in [0.3, 0.4) is 0 Å². The molecule has 0 spiro atoms. The fourth-order valence-electron chi connectivity index (χ4n) is 1.88. The Balaban J connectivity index is 2.21. The molecule has 4 nitrogen and oxygen atoms in total. The summed E-state index contributed by atoms with van der Waals surface area (Å²) in [5.74, 6) is 2.71. The van der Waals surface area contributed by atoms with Crippen LogP contribution in [0.25, 0.3) is 6.08 Å². The summed E-state index contributed by atoms with van der Waals surface area (Å²) in [6, 6.07) is 5.54. The molecule has 0 saturated carbocycles. The van der Waals surface area contributed by atoms with E-state index in [1.54, 1.807) is 6.08 Å². The molecular formula is C17H16BrNO3S. The lowest BCUT2D eigenvalue weighted by molar-refractivity contribution is -0.122. The van der Waals surface area contributed by atoms with E-state index in [4.69, 9.17) is 11.2 Å². The molecule has 2 amide bonds. The Bertz CT molecular complexity index is 708. The summed E-state index contributed by atoms with van der Waals surface area (Å²) in [5, 5.41) is -0.338. The highest BCUT2D eigenvalue weighted by molar-refractivity contribution is 9.10. The zero-order chi connectivity index (χ0) is 17.0. The summed E-state index contributed by atoms with van der Waals surface area (Å²) in [6.07, 6.45) is 7.89. The number of nitrogens with zero attached hydrogens (tertiary/aromatic N) is 1. The standard InChI is InChI=1S/C17H16BrNO3S/c1-4-8-19-16(20)15(23-17(19)21)10-12-6-7-14(13(18)9-12)22-11(3)5-2/h1,6-7,9-11H,5,8H2,2-3H3/b15-10+/t11-/m1/s1. The van der Waals surface area contributed by atoms with Gasteiger partial charge < -0.3 is 4.74 Å². The summed E-state index contributed by atoms with van der Waals surface area (Å²) < 4.78 is 6.58. The predicted octanol–water partition coefficient (Wildman–Crippen LogP) is 4.30. The van der Waals surface area contributed by atoms with Crippen LogP contribution in [0.15, 0.2) is 27.6 Å². The maximum absolute atomic E-state index is 12.1. The summed E-state index contributed by atoms with van der Waals surface area (Å²) in [7, 11) is 0. The van der Waals surface area contributed by atoms with Crippen LogP contribution in [-0.4, -0.2) is 28.7 Å². The maximum Gasteiger partial charge on any atom is 0.294 e. The van der Waals surface area contributed by atoms with Crippen molar-refractivity contribution in [3.05, 3.63) is 33.1 Å². The van der Waals surface area contributed by atoms with Crippen molar-refractivity contribution in [3.63, 3.8) is 0 Å². The molecule has 0 bridgehead atoms. The van der Waals surface area contributed by atoms with Gasteiger partial charge in [-0.2, -0.15) is 0 Å². The number of carbonyl (C=O) groups is 2. The zero-order valence-corrected chi connectivity index (χ0v) is 15.2. The maximum atomic E-state index is 12.1. The summed E-state index contributed by atoms with van der Waals surface area (Å²) in [5.41, 5.74) is 0.805. The van der Waals surface area contributed by atoms with Gasteiger partial charge in [0.2, 0.25) is 0 Å². The highest BCUT2D eigenvalue weighted by Crippen LogP contribution is 2.33. The van der Waals surface area contributed by atoms with E-state index in [1.165, 1.54) is 0 Å². The van der Waals surface area contributed by atoms with E-state index in [0.717, 1.165) is 38.9 Å². The van der Waals surface area contributed by atoms with Gasteiger partial charge in [0, 0.05) is 0 Å². The number of benzene rings is 1. The molecule has 120 valence electrons. The molecule has 0 unspecified atom stereocenters. The highest BCUT2D eigenvalue weighted by Gasteiger charge is 2.34. The van der Waals surface area contributed by atoms with Crippen molar-refractivity contribution in [1.82, 2.24) is 4.90 Å². The third-order valence-electron chi connectivity index (χ3n) is 3.28. The van der Waals surface area contributed by atoms with Crippen LogP contribution in [0.5, 0.6) is 5.75 Å². The van der Waals surface area contributed by atoms with E-state index < -0.39 is 0 Å². The van der Waals surface area contributed by atoms with Gasteiger partial charge in [0.05, 0.1) is 22.0 Å². The van der Waals surface area contributed by atoms with E-state index in [9.17, 15) is 9.59 Å². The molecule has 0 N–H and O–H groups in total. The summed E-state index contributed by atoms with van der Waals surface area (Å²) in [6.45, 7) is 4.05. The number of ether oxygens (including phenoxy) is 1. The van der Waals surface area contributed by atoms with E-state index >= 15 is 0 Å². The van der Waals surface area contributed by atoms with Crippen molar-refractivity contribution in [1.29, 1.82) is 0 Å². The zero-order valence-electron chi connectivity index (χ0n) is 12.8. The molecule has 0 radical (unpaired) electrons. The van der Waals surface area contributed by atoms with Gasteiger partial charge in [0.15, 0.2) is 0 Å². The smallest absolute Gasteiger partial charge is 0.294 e. The van der Waals surface area contributed by atoms with Crippen LogP contribution < -0.4 is 4.74 Å². The largest absolute Gasteiger partial charge is 0.490 e. The second-order valence-corrected chi connectivity index (χ2v) is 6.85. The van der Waals surface area contributed by atoms with Gasteiger partial charge in [-0.15, -0.1) is 6.42 Å². The van der Waals surface area contributed by atoms with Crippen molar-refractivity contribution in [2.45, 2.75) is 26.4 Å². The molecule has 1 aromatic carbocycles. The molecule has 6 heteroatoms. The Morgan fingerprint density at radius 3 is 2.83 bits per heavy atom. The molecule has 1 aliphatic heterocycles. The molecule has 1 aromatic rings. The molecule has 23 heavy (non-hydrogen) atoms. The van der Waals surface area contributed by atoms with E-state index in [0.29, 0.717) is 4.91 Å². The number of terminal acetylenes is 1. The Labute approximate surface area is 148 Å². The first-order valence-corrected chi connectivity index (χ1v) is 8.72. The Kier molecular flexibility index (Phi) is 5.91. The van der Waals surface area contributed by atoms with Gasteiger partial charge >= 0.3 is 0 Å². The van der Waals surface area contributed by atoms with E-state index in [1.807, 2.05) is 25.1 Å². The molecule has 0 aliphatic carbocycles. The molecule has 1 atom stereocenters. The molecule has 1 heterocycles. The lowest BCUT2D eigenvalue weighted by Gasteiger charge is -2.14. The number of rotatable bonds is 5. The van der Waals surface area contributed by atoms with E-state index in [-0.39, 0.29) is 23.8 Å². The van der Waals surface area contributed by atoms with Crippen LogP contribution in [0.1, 0.15) is 25.8 Å². The summed E-state index contributed by atoms with van der Waals surface area (Å²) in [4.78, 5) is 25.3. The third kappa shape index (κ3) is 4.18. The third-order valence-corrected chi connectivity index (χ3v) is 4.81. The van der Waals surface area contributed by atoms with Gasteiger partial charge in [-0.3, -0.25) is 14.5 Å². The monoisotopic (exact) mass is 393 g/mol. The SMILES string of the molecule is C#CCN1C(=O)S/C(=C/c2ccc(O[C@H](C)CC)c(Br)c2)C1=O. The molecular weight excluding hydrogens is 378 g/mol. The number of imide groups is 1. The van der Waals surface area contributed by atoms with Crippen LogP contribution in [-0.2, 0) is 4.79 Å². The van der Waals surface area contributed by atoms with Gasteiger partial charge in [-0.05, 0) is 64.8 Å². The lowest BCUT2D eigenvalue weighted by Crippen LogP contribution is -2.28. The number of carbonyl (C=O) groups excluding carboxylic acids is 2. The minimum atomic E-state index is -0.353. The summed E-state index contributed by atoms with van der Waals surface area (Å²) >= 11 is 4.37. The predicted molar refractivity (Wildman–Crippen MR) is 96.0 cm³/mol. The number of halogens is 1. The van der Waals surface area contributed by atoms with Crippen molar-refractivity contribution >= 4 is 44.9 Å². The first kappa shape index (κ1) is 17.6. The number of amides is 2. The molecule has 2 rings (SSSR count). The van der Waals surface area contributed by atoms with Crippen molar-refractivity contribution < 1.29 is 14.3 Å². The van der Waals surface area contributed by atoms with Gasteiger partial charge in [0.25, 0.3) is 11.1 Å². The fraction of sp³-hybridized carbons (Fsp3) is 0.294. The normalized spacial score (nSPS) is 17.5. The van der Waals surface area contributed by atoms with Gasteiger partial charge in [-0.1, -0.05) is 18.9 Å². The minimum absolute atomic E-state index is 0.00656. The van der Waals surface area contributed by atoms with Gasteiger partial charge in [0.1, 0.15) is 5.75 Å². The molecule has 1 saturated heterocycles. The quantitative estimate of drug-likeness (QED) is 0.552. The van der Waals surface area contributed by atoms with Crippen molar-refractivity contribution in [2.24, 2.45) is 0 Å². The molecule has 1 fully saturated rings. The van der Waals surface area contributed by atoms with E-state index in [2.05, 4.69) is 28.8 Å². The number of thioether (sulfide) groups is 1. The van der Waals surface area contributed by atoms with Crippen LogP contribution >= 0.6 is 27.7 Å². The average Bonchev–Trinajstić information content (AvgIpc) is 2.78. The molecule has 0 aromatic heterocycles.